The lowest BCUT2D eigenvalue weighted by molar-refractivity contribution is 0.0956. The molecule has 0 aromatic heterocycles. The zero-order chi connectivity index (χ0) is 12.2. The number of rotatable bonds is 5. The zero-order valence-corrected chi connectivity index (χ0v) is 10.7. The second-order valence-electron chi connectivity index (χ2n) is 4.92. The second kappa shape index (κ2) is 5.46. The summed E-state index contributed by atoms with van der Waals surface area (Å²) in [5, 5.41) is 12.9. The van der Waals surface area contributed by atoms with E-state index in [0.29, 0.717) is 0 Å². The van der Waals surface area contributed by atoms with Gasteiger partial charge in [-0.1, -0.05) is 31.2 Å². The van der Waals surface area contributed by atoms with Crippen LogP contribution < -0.4 is 5.32 Å². The number of benzene rings is 1. The molecule has 1 aromatic carbocycles. The van der Waals surface area contributed by atoms with Crippen molar-refractivity contribution in [3.8, 4) is 0 Å². The number of aryl methyl sites for hydroxylation is 1. The van der Waals surface area contributed by atoms with E-state index in [1.54, 1.807) is 0 Å². The molecule has 1 rings (SSSR count). The molecule has 1 atom stereocenters. The normalized spacial score (nSPS) is 13.8. The van der Waals surface area contributed by atoms with Crippen molar-refractivity contribution in [2.75, 3.05) is 0 Å². The quantitative estimate of drug-likeness (QED) is 0.800. The summed E-state index contributed by atoms with van der Waals surface area (Å²) in [4.78, 5) is 0. The first-order valence-electron chi connectivity index (χ1n) is 5.96. The van der Waals surface area contributed by atoms with Crippen LogP contribution in [0.4, 0.5) is 0 Å². The maximum Gasteiger partial charge on any atom is 0.0688 e. The van der Waals surface area contributed by atoms with Crippen LogP contribution >= 0.6 is 0 Å². The van der Waals surface area contributed by atoms with Gasteiger partial charge in [-0.25, -0.2) is 0 Å². The second-order valence-corrected chi connectivity index (χ2v) is 4.92. The summed E-state index contributed by atoms with van der Waals surface area (Å²) in [6.07, 6.45) is 0.717. The Bertz CT molecular complexity index is 314. The Labute approximate surface area is 98.7 Å². The van der Waals surface area contributed by atoms with Crippen LogP contribution in [0.1, 0.15) is 38.8 Å². The molecule has 1 unspecified atom stereocenters. The van der Waals surface area contributed by atoms with E-state index < -0.39 is 0 Å². The predicted octanol–water partition coefficient (Wildman–Crippen LogP) is 2.50. The van der Waals surface area contributed by atoms with Crippen molar-refractivity contribution in [3.05, 3.63) is 35.4 Å². The van der Waals surface area contributed by atoms with Crippen molar-refractivity contribution >= 4 is 0 Å². The molecule has 0 saturated carbocycles. The minimum Gasteiger partial charge on any atom is -0.392 e. The topological polar surface area (TPSA) is 32.3 Å². The van der Waals surface area contributed by atoms with Gasteiger partial charge in [0.05, 0.1) is 6.10 Å². The number of nitrogens with one attached hydrogen (secondary N) is 1. The first-order valence-corrected chi connectivity index (χ1v) is 5.96. The lowest BCUT2D eigenvalue weighted by atomic mass is 9.98. The van der Waals surface area contributed by atoms with Crippen LogP contribution in [0.3, 0.4) is 0 Å². The Balaban J connectivity index is 2.54. The molecular formula is C14H23NO. The van der Waals surface area contributed by atoms with Crippen molar-refractivity contribution in [1.82, 2.24) is 5.32 Å². The largest absolute Gasteiger partial charge is 0.392 e. The van der Waals surface area contributed by atoms with Gasteiger partial charge in [0, 0.05) is 12.1 Å². The van der Waals surface area contributed by atoms with Crippen molar-refractivity contribution in [2.24, 2.45) is 0 Å². The van der Waals surface area contributed by atoms with Crippen LogP contribution in [0.5, 0.6) is 0 Å². The maximum atomic E-state index is 9.58. The summed E-state index contributed by atoms with van der Waals surface area (Å²) in [5.41, 5.74) is 2.37. The molecule has 0 bridgehead atoms. The van der Waals surface area contributed by atoms with E-state index >= 15 is 0 Å². The SMILES string of the molecule is CCc1ccc(CNC(C)(C)C(C)O)cc1. The molecule has 0 fully saturated rings. The highest BCUT2D eigenvalue weighted by atomic mass is 16.3. The fourth-order valence-corrected chi connectivity index (χ4v) is 1.37. The average Bonchev–Trinajstić information content (AvgIpc) is 2.27. The summed E-state index contributed by atoms with van der Waals surface area (Å²) in [6, 6.07) is 8.60. The van der Waals surface area contributed by atoms with Gasteiger partial charge in [0.15, 0.2) is 0 Å². The Morgan fingerprint density at radius 2 is 1.69 bits per heavy atom. The van der Waals surface area contributed by atoms with Crippen molar-refractivity contribution < 1.29 is 5.11 Å². The Kier molecular flexibility index (Phi) is 4.51. The molecule has 0 spiro atoms. The summed E-state index contributed by atoms with van der Waals surface area (Å²) in [7, 11) is 0. The molecule has 0 radical (unpaired) electrons. The summed E-state index contributed by atoms with van der Waals surface area (Å²) >= 11 is 0. The van der Waals surface area contributed by atoms with E-state index in [9.17, 15) is 5.11 Å². The van der Waals surface area contributed by atoms with Crippen LogP contribution in [-0.2, 0) is 13.0 Å². The summed E-state index contributed by atoms with van der Waals surface area (Å²) in [5.74, 6) is 0. The average molecular weight is 221 g/mol. The minimum absolute atomic E-state index is 0.247. The molecule has 2 heteroatoms. The highest BCUT2D eigenvalue weighted by Crippen LogP contribution is 2.11. The Morgan fingerprint density at radius 3 is 2.12 bits per heavy atom. The van der Waals surface area contributed by atoms with Gasteiger partial charge in [-0.15, -0.1) is 0 Å². The van der Waals surface area contributed by atoms with E-state index in [0.717, 1.165) is 13.0 Å². The minimum atomic E-state index is -0.359. The fourth-order valence-electron chi connectivity index (χ4n) is 1.37. The molecule has 0 aliphatic rings. The number of aliphatic hydroxyl groups excluding tert-OH is 1. The predicted molar refractivity (Wildman–Crippen MR) is 68.4 cm³/mol. The van der Waals surface area contributed by atoms with Crippen LogP contribution in [-0.4, -0.2) is 16.7 Å². The molecule has 0 saturated heterocycles. The fraction of sp³-hybridized carbons (Fsp3) is 0.571. The van der Waals surface area contributed by atoms with Crippen LogP contribution in [0, 0.1) is 0 Å². The third-order valence-corrected chi connectivity index (χ3v) is 3.22. The molecule has 2 N–H and O–H groups in total. The monoisotopic (exact) mass is 221 g/mol. The Hall–Kier alpha value is -0.860. The van der Waals surface area contributed by atoms with Crippen LogP contribution in [0.25, 0.3) is 0 Å². The van der Waals surface area contributed by atoms with Crippen LogP contribution in [0.15, 0.2) is 24.3 Å². The van der Waals surface area contributed by atoms with E-state index in [4.69, 9.17) is 0 Å². The molecule has 2 nitrogen and oxygen atoms in total. The van der Waals surface area contributed by atoms with Gasteiger partial charge in [0.1, 0.15) is 0 Å². The standard InChI is InChI=1S/C14H23NO/c1-5-12-6-8-13(9-7-12)10-15-14(3,4)11(2)16/h6-9,11,15-16H,5,10H2,1-4H3. The van der Waals surface area contributed by atoms with Gasteiger partial charge < -0.3 is 10.4 Å². The molecule has 90 valence electrons. The number of hydrogen-bond acceptors (Lipinski definition) is 2. The molecule has 16 heavy (non-hydrogen) atoms. The first-order chi connectivity index (χ1) is 7.45. The molecule has 0 amide bonds. The maximum absolute atomic E-state index is 9.58. The van der Waals surface area contributed by atoms with E-state index in [2.05, 4.69) is 36.5 Å². The van der Waals surface area contributed by atoms with Crippen LogP contribution in [0.2, 0.25) is 0 Å². The highest BCUT2D eigenvalue weighted by molar-refractivity contribution is 5.22. The Morgan fingerprint density at radius 1 is 1.19 bits per heavy atom. The summed E-state index contributed by atoms with van der Waals surface area (Å²) in [6.45, 7) is 8.79. The molecule has 0 heterocycles. The third-order valence-electron chi connectivity index (χ3n) is 3.22. The third kappa shape index (κ3) is 3.62. The van der Waals surface area contributed by atoms with E-state index in [1.165, 1.54) is 11.1 Å². The van der Waals surface area contributed by atoms with Gasteiger partial charge in [0.25, 0.3) is 0 Å². The van der Waals surface area contributed by atoms with Crippen molar-refractivity contribution in [3.63, 3.8) is 0 Å². The lowest BCUT2D eigenvalue weighted by Crippen LogP contribution is -2.47. The lowest BCUT2D eigenvalue weighted by Gasteiger charge is -2.29. The summed E-state index contributed by atoms with van der Waals surface area (Å²) < 4.78 is 0. The molecule has 0 aliphatic carbocycles. The number of aliphatic hydroxyl groups is 1. The molecule has 0 aliphatic heterocycles. The van der Waals surface area contributed by atoms with E-state index in [1.807, 2.05) is 20.8 Å². The number of hydrogen-bond donors (Lipinski definition) is 2. The zero-order valence-electron chi connectivity index (χ0n) is 10.7. The van der Waals surface area contributed by atoms with Gasteiger partial charge in [0.2, 0.25) is 0 Å². The molecule has 1 aromatic rings. The van der Waals surface area contributed by atoms with Crippen molar-refractivity contribution in [1.29, 1.82) is 0 Å². The van der Waals surface area contributed by atoms with Gasteiger partial charge in [-0.2, -0.15) is 0 Å². The smallest absolute Gasteiger partial charge is 0.0688 e. The van der Waals surface area contributed by atoms with E-state index in [-0.39, 0.29) is 11.6 Å². The first kappa shape index (κ1) is 13.2. The van der Waals surface area contributed by atoms with Gasteiger partial charge in [-0.05, 0) is 38.3 Å². The highest BCUT2D eigenvalue weighted by Gasteiger charge is 2.22. The van der Waals surface area contributed by atoms with Crippen molar-refractivity contribution in [2.45, 2.75) is 52.3 Å². The molecular weight excluding hydrogens is 198 g/mol. The van der Waals surface area contributed by atoms with Gasteiger partial charge in [-0.3, -0.25) is 0 Å². The van der Waals surface area contributed by atoms with Gasteiger partial charge >= 0.3 is 0 Å².